The van der Waals surface area contributed by atoms with Gasteiger partial charge in [-0.3, -0.25) is 4.79 Å². The van der Waals surface area contributed by atoms with Gasteiger partial charge in [0.15, 0.2) is 0 Å². The lowest BCUT2D eigenvalue weighted by Gasteiger charge is -2.10. The van der Waals surface area contributed by atoms with Crippen LogP contribution in [0.3, 0.4) is 0 Å². The summed E-state index contributed by atoms with van der Waals surface area (Å²) in [5, 5.41) is 1.81. The van der Waals surface area contributed by atoms with Crippen LogP contribution in [0.2, 0.25) is 0 Å². The molecule has 23 heavy (non-hydrogen) atoms. The van der Waals surface area contributed by atoms with E-state index in [0.29, 0.717) is 17.1 Å². The maximum Gasteiger partial charge on any atom is 0.471 e. The molecule has 0 atom stereocenters. The fourth-order valence-corrected chi connectivity index (χ4v) is 2.35. The van der Waals surface area contributed by atoms with E-state index in [9.17, 15) is 18.0 Å². The van der Waals surface area contributed by atoms with Crippen molar-refractivity contribution in [2.45, 2.75) is 19.6 Å². The Hall–Kier alpha value is -2.02. The van der Waals surface area contributed by atoms with Gasteiger partial charge >= 0.3 is 12.1 Å². The normalized spacial score (nSPS) is 11.2. The van der Waals surface area contributed by atoms with Gasteiger partial charge in [0, 0.05) is 6.54 Å². The first-order valence-corrected chi connectivity index (χ1v) is 7.43. The molecule has 7 heteroatoms. The zero-order chi connectivity index (χ0) is 17.0. The molecule has 2 aromatic carbocycles. The Bertz CT molecular complexity index is 699. The molecule has 122 valence electrons. The number of amides is 1. The van der Waals surface area contributed by atoms with Gasteiger partial charge in [-0.25, -0.2) is 0 Å². The van der Waals surface area contributed by atoms with Gasteiger partial charge < -0.3 is 10.1 Å². The number of nitrogens with one attached hydrogen (secondary N) is 1. The summed E-state index contributed by atoms with van der Waals surface area (Å²) in [6.07, 6.45) is -4.87. The van der Waals surface area contributed by atoms with Crippen LogP contribution in [0.5, 0.6) is 11.5 Å². The third kappa shape index (κ3) is 4.99. The topological polar surface area (TPSA) is 38.3 Å². The quantitative estimate of drug-likeness (QED) is 0.823. The van der Waals surface area contributed by atoms with Gasteiger partial charge in [-0.05, 0) is 58.2 Å². The van der Waals surface area contributed by atoms with Gasteiger partial charge in [-0.2, -0.15) is 13.2 Å². The number of hydrogen-bond acceptors (Lipinski definition) is 2. The van der Waals surface area contributed by atoms with Crippen molar-refractivity contribution >= 4 is 21.8 Å². The highest BCUT2D eigenvalue weighted by Gasteiger charge is 2.38. The van der Waals surface area contributed by atoms with Crippen molar-refractivity contribution in [3.8, 4) is 11.5 Å². The van der Waals surface area contributed by atoms with Gasteiger partial charge in [0.05, 0.1) is 4.47 Å². The largest absolute Gasteiger partial charge is 0.471 e. The SMILES string of the molecule is Cc1ccc(Oc2ccc(CNC(=O)C(F)(F)F)cc2)c(Br)c1. The second-order valence-corrected chi connectivity index (χ2v) is 5.71. The molecule has 2 rings (SSSR count). The molecule has 0 aliphatic rings. The fourth-order valence-electron chi connectivity index (χ4n) is 1.77. The average Bonchev–Trinajstić information content (AvgIpc) is 2.48. The Morgan fingerprint density at radius 3 is 2.39 bits per heavy atom. The lowest BCUT2D eigenvalue weighted by atomic mass is 10.2. The summed E-state index contributed by atoms with van der Waals surface area (Å²) < 4.78 is 42.8. The van der Waals surface area contributed by atoms with E-state index >= 15 is 0 Å². The van der Waals surface area contributed by atoms with Gasteiger partial charge in [0.25, 0.3) is 0 Å². The highest BCUT2D eigenvalue weighted by molar-refractivity contribution is 9.10. The minimum Gasteiger partial charge on any atom is -0.456 e. The Labute approximate surface area is 139 Å². The summed E-state index contributed by atoms with van der Waals surface area (Å²) in [7, 11) is 0. The summed E-state index contributed by atoms with van der Waals surface area (Å²) in [6, 6.07) is 12.1. The molecule has 0 saturated carbocycles. The van der Waals surface area contributed by atoms with Crippen molar-refractivity contribution < 1.29 is 22.7 Å². The van der Waals surface area contributed by atoms with E-state index in [2.05, 4.69) is 15.9 Å². The van der Waals surface area contributed by atoms with Gasteiger partial charge in [-0.1, -0.05) is 18.2 Å². The minimum absolute atomic E-state index is 0.202. The lowest BCUT2D eigenvalue weighted by Crippen LogP contribution is -2.36. The number of rotatable bonds is 4. The number of aryl methyl sites for hydroxylation is 1. The lowest BCUT2D eigenvalue weighted by molar-refractivity contribution is -0.173. The monoisotopic (exact) mass is 387 g/mol. The number of alkyl halides is 3. The molecule has 0 heterocycles. The summed E-state index contributed by atoms with van der Waals surface area (Å²) in [5.41, 5.74) is 1.62. The zero-order valence-corrected chi connectivity index (χ0v) is 13.7. The van der Waals surface area contributed by atoms with Crippen molar-refractivity contribution in [2.75, 3.05) is 0 Å². The first-order chi connectivity index (χ1) is 10.8. The molecule has 2 aromatic rings. The molecular formula is C16H13BrF3NO2. The molecule has 1 amide bonds. The summed E-state index contributed by atoms with van der Waals surface area (Å²) in [6.45, 7) is 1.76. The molecule has 0 radical (unpaired) electrons. The maximum absolute atomic E-state index is 12.1. The molecule has 0 aromatic heterocycles. The van der Waals surface area contributed by atoms with Crippen LogP contribution >= 0.6 is 15.9 Å². The van der Waals surface area contributed by atoms with Crippen LogP contribution in [-0.2, 0) is 11.3 Å². The summed E-state index contributed by atoms with van der Waals surface area (Å²) >= 11 is 3.40. The second kappa shape index (κ2) is 7.04. The van der Waals surface area contributed by atoms with Crippen LogP contribution < -0.4 is 10.1 Å². The maximum atomic E-state index is 12.1. The number of benzene rings is 2. The van der Waals surface area contributed by atoms with Crippen molar-refractivity contribution in [2.24, 2.45) is 0 Å². The second-order valence-electron chi connectivity index (χ2n) is 4.86. The molecule has 0 aliphatic heterocycles. The van der Waals surface area contributed by atoms with E-state index in [1.165, 1.54) is 0 Å². The number of carbonyl (C=O) groups is 1. The highest BCUT2D eigenvalue weighted by atomic mass is 79.9. The molecule has 0 fully saturated rings. The molecule has 3 nitrogen and oxygen atoms in total. The predicted octanol–water partition coefficient (Wildman–Crippen LogP) is 4.73. The van der Waals surface area contributed by atoms with Crippen molar-refractivity contribution in [3.05, 3.63) is 58.1 Å². The van der Waals surface area contributed by atoms with E-state index in [1.54, 1.807) is 24.3 Å². The Balaban J connectivity index is 1.98. The van der Waals surface area contributed by atoms with Gasteiger partial charge in [0.1, 0.15) is 11.5 Å². The number of ether oxygens (including phenoxy) is 1. The molecule has 0 bridgehead atoms. The number of carbonyl (C=O) groups excluding carboxylic acids is 1. The Morgan fingerprint density at radius 2 is 1.83 bits per heavy atom. The molecular weight excluding hydrogens is 375 g/mol. The Kier molecular flexibility index (Phi) is 5.30. The van der Waals surface area contributed by atoms with Crippen LogP contribution in [0.15, 0.2) is 46.9 Å². The third-order valence-corrected chi connectivity index (χ3v) is 3.57. The molecule has 0 unspecified atom stereocenters. The summed E-state index contributed by atoms with van der Waals surface area (Å²) in [5.74, 6) is -0.782. The highest BCUT2D eigenvalue weighted by Crippen LogP contribution is 2.30. The van der Waals surface area contributed by atoms with Crippen LogP contribution in [0, 0.1) is 6.92 Å². The van der Waals surface area contributed by atoms with Crippen LogP contribution in [0.25, 0.3) is 0 Å². The fraction of sp³-hybridized carbons (Fsp3) is 0.188. The third-order valence-electron chi connectivity index (χ3n) is 2.95. The molecule has 0 saturated heterocycles. The number of hydrogen-bond donors (Lipinski definition) is 1. The van der Waals surface area contributed by atoms with E-state index in [1.807, 2.05) is 30.4 Å². The van der Waals surface area contributed by atoms with Crippen molar-refractivity contribution in [3.63, 3.8) is 0 Å². The van der Waals surface area contributed by atoms with Crippen LogP contribution in [-0.4, -0.2) is 12.1 Å². The van der Waals surface area contributed by atoms with E-state index in [-0.39, 0.29) is 6.54 Å². The minimum atomic E-state index is -4.87. The van der Waals surface area contributed by atoms with Crippen LogP contribution in [0.4, 0.5) is 13.2 Å². The number of halogens is 4. The van der Waals surface area contributed by atoms with E-state index in [0.717, 1.165) is 10.0 Å². The molecule has 0 spiro atoms. The molecule has 1 N–H and O–H groups in total. The first-order valence-electron chi connectivity index (χ1n) is 6.63. The van der Waals surface area contributed by atoms with Crippen molar-refractivity contribution in [1.82, 2.24) is 5.32 Å². The average molecular weight is 388 g/mol. The van der Waals surface area contributed by atoms with E-state index in [4.69, 9.17) is 4.74 Å². The van der Waals surface area contributed by atoms with Crippen molar-refractivity contribution in [1.29, 1.82) is 0 Å². The van der Waals surface area contributed by atoms with Crippen LogP contribution in [0.1, 0.15) is 11.1 Å². The van der Waals surface area contributed by atoms with Gasteiger partial charge in [0.2, 0.25) is 0 Å². The zero-order valence-electron chi connectivity index (χ0n) is 12.1. The summed E-state index contributed by atoms with van der Waals surface area (Å²) in [4.78, 5) is 10.7. The standard InChI is InChI=1S/C16H13BrF3NO2/c1-10-2-7-14(13(17)8-10)23-12-5-3-11(4-6-12)9-21-15(22)16(18,19)20/h2-8H,9H2,1H3,(H,21,22). The Morgan fingerprint density at radius 1 is 1.17 bits per heavy atom. The first kappa shape index (κ1) is 17.3. The van der Waals surface area contributed by atoms with E-state index < -0.39 is 12.1 Å². The smallest absolute Gasteiger partial charge is 0.456 e. The van der Waals surface area contributed by atoms with Gasteiger partial charge in [-0.15, -0.1) is 0 Å². The predicted molar refractivity (Wildman–Crippen MR) is 83.3 cm³/mol. The molecule has 0 aliphatic carbocycles.